The average molecular weight is 432 g/mol. The minimum Gasteiger partial charge on any atom is -0.448 e. The van der Waals surface area contributed by atoms with E-state index in [0.717, 1.165) is 25.0 Å². The van der Waals surface area contributed by atoms with Crippen molar-refractivity contribution in [3.05, 3.63) is 52.5 Å². The SMILES string of the molecule is C[C@@H](O)Cn1c(=O)c(Oc2ccc(F)cc2F)cc2cnc(NC3CCOCC3)nc21. The van der Waals surface area contributed by atoms with E-state index in [-0.39, 0.29) is 24.1 Å². The standard InChI is InChI=1S/C21H22F2N4O4/c1-12(28)11-27-19-13(10-24-21(26-19)25-15-4-6-30-7-5-15)8-18(20(27)29)31-17-3-2-14(22)9-16(17)23/h2-3,8-10,12,15,28H,4-7,11H2,1H3,(H,24,25,26)/t12-/m1/s1. The molecule has 164 valence electrons. The molecule has 3 aromatic rings. The van der Waals surface area contributed by atoms with Gasteiger partial charge in [-0.15, -0.1) is 0 Å². The van der Waals surface area contributed by atoms with Gasteiger partial charge in [0.2, 0.25) is 5.95 Å². The Morgan fingerprint density at radius 3 is 2.77 bits per heavy atom. The molecular weight excluding hydrogens is 410 g/mol. The quantitative estimate of drug-likeness (QED) is 0.618. The van der Waals surface area contributed by atoms with Crippen LogP contribution in [0.5, 0.6) is 11.5 Å². The highest BCUT2D eigenvalue weighted by Crippen LogP contribution is 2.25. The third-order valence-corrected chi connectivity index (χ3v) is 4.91. The van der Waals surface area contributed by atoms with Gasteiger partial charge in [0.1, 0.15) is 11.5 Å². The molecule has 0 aliphatic carbocycles. The molecule has 1 aliphatic heterocycles. The molecule has 1 atom stereocenters. The Labute approximate surface area is 176 Å². The molecular formula is C21H22F2N4O4. The minimum absolute atomic E-state index is 0.0494. The number of aliphatic hydroxyl groups excluding tert-OH is 1. The van der Waals surface area contributed by atoms with Gasteiger partial charge < -0.3 is 19.9 Å². The lowest BCUT2D eigenvalue weighted by Crippen LogP contribution is -2.29. The van der Waals surface area contributed by atoms with Crippen molar-refractivity contribution in [1.29, 1.82) is 0 Å². The number of rotatable bonds is 6. The summed E-state index contributed by atoms with van der Waals surface area (Å²) in [4.78, 5) is 21.8. The molecule has 0 radical (unpaired) electrons. The van der Waals surface area contributed by atoms with Crippen LogP contribution in [0, 0.1) is 11.6 Å². The number of pyridine rings is 1. The number of nitrogens with one attached hydrogen (secondary N) is 1. The largest absolute Gasteiger partial charge is 0.448 e. The van der Waals surface area contributed by atoms with E-state index < -0.39 is 23.3 Å². The average Bonchev–Trinajstić information content (AvgIpc) is 2.74. The van der Waals surface area contributed by atoms with E-state index >= 15 is 0 Å². The van der Waals surface area contributed by atoms with E-state index in [2.05, 4.69) is 15.3 Å². The monoisotopic (exact) mass is 432 g/mol. The van der Waals surface area contributed by atoms with E-state index in [1.807, 2.05) is 0 Å². The Balaban J connectivity index is 1.73. The number of hydrogen-bond acceptors (Lipinski definition) is 7. The normalized spacial score (nSPS) is 15.7. The van der Waals surface area contributed by atoms with Crippen LogP contribution < -0.4 is 15.6 Å². The molecule has 0 bridgehead atoms. The molecule has 1 saturated heterocycles. The van der Waals surface area contributed by atoms with Crippen molar-refractivity contribution in [2.75, 3.05) is 18.5 Å². The van der Waals surface area contributed by atoms with Crippen LogP contribution in [0.1, 0.15) is 19.8 Å². The van der Waals surface area contributed by atoms with Crippen molar-refractivity contribution in [2.24, 2.45) is 0 Å². The second kappa shape index (κ2) is 8.94. The maximum atomic E-state index is 14.0. The minimum atomic E-state index is -0.936. The summed E-state index contributed by atoms with van der Waals surface area (Å²) in [5.41, 5.74) is -0.296. The summed E-state index contributed by atoms with van der Waals surface area (Å²) in [5.74, 6) is -1.81. The van der Waals surface area contributed by atoms with Crippen molar-refractivity contribution < 1.29 is 23.4 Å². The van der Waals surface area contributed by atoms with Crippen LogP contribution in [-0.2, 0) is 11.3 Å². The molecule has 4 rings (SSSR count). The second-order valence-electron chi connectivity index (χ2n) is 7.45. The maximum Gasteiger partial charge on any atom is 0.295 e. The number of halogens is 2. The first-order valence-electron chi connectivity index (χ1n) is 9.96. The van der Waals surface area contributed by atoms with Crippen LogP contribution in [-0.4, -0.2) is 45.0 Å². The zero-order valence-electron chi connectivity index (χ0n) is 16.8. The van der Waals surface area contributed by atoms with Gasteiger partial charge >= 0.3 is 0 Å². The molecule has 31 heavy (non-hydrogen) atoms. The third-order valence-electron chi connectivity index (χ3n) is 4.91. The van der Waals surface area contributed by atoms with Crippen molar-refractivity contribution >= 4 is 17.0 Å². The topological polar surface area (TPSA) is 98.5 Å². The molecule has 0 amide bonds. The van der Waals surface area contributed by atoms with E-state index in [1.165, 1.54) is 23.8 Å². The van der Waals surface area contributed by atoms with Crippen molar-refractivity contribution in [3.8, 4) is 11.5 Å². The molecule has 1 aliphatic rings. The van der Waals surface area contributed by atoms with Crippen LogP contribution in [0.3, 0.4) is 0 Å². The first-order valence-corrected chi connectivity index (χ1v) is 9.96. The first-order chi connectivity index (χ1) is 14.9. The lowest BCUT2D eigenvalue weighted by atomic mass is 10.1. The zero-order valence-corrected chi connectivity index (χ0v) is 16.8. The number of benzene rings is 1. The van der Waals surface area contributed by atoms with E-state index in [1.54, 1.807) is 0 Å². The smallest absolute Gasteiger partial charge is 0.295 e. The lowest BCUT2D eigenvalue weighted by Gasteiger charge is -2.23. The summed E-state index contributed by atoms with van der Waals surface area (Å²) in [6.07, 6.45) is 2.31. The van der Waals surface area contributed by atoms with Crippen molar-refractivity contribution in [3.63, 3.8) is 0 Å². The zero-order chi connectivity index (χ0) is 22.0. The van der Waals surface area contributed by atoms with Gasteiger partial charge in [-0.3, -0.25) is 9.36 Å². The van der Waals surface area contributed by atoms with Crippen LogP contribution in [0.2, 0.25) is 0 Å². The molecule has 1 fully saturated rings. The molecule has 0 spiro atoms. The predicted molar refractivity (Wildman–Crippen MR) is 109 cm³/mol. The Morgan fingerprint density at radius 2 is 2.06 bits per heavy atom. The van der Waals surface area contributed by atoms with Crippen molar-refractivity contribution in [1.82, 2.24) is 14.5 Å². The summed E-state index contributed by atoms with van der Waals surface area (Å²) in [7, 11) is 0. The Kier molecular flexibility index (Phi) is 6.10. The summed E-state index contributed by atoms with van der Waals surface area (Å²) in [5, 5.41) is 13.6. The van der Waals surface area contributed by atoms with Gasteiger partial charge in [-0.05, 0) is 38.0 Å². The van der Waals surface area contributed by atoms with E-state index in [4.69, 9.17) is 9.47 Å². The van der Waals surface area contributed by atoms with Crippen LogP contribution >= 0.6 is 0 Å². The Hall–Kier alpha value is -3.11. The number of ether oxygens (including phenoxy) is 2. The van der Waals surface area contributed by atoms with Crippen LogP contribution in [0.15, 0.2) is 35.3 Å². The molecule has 3 heterocycles. The fraction of sp³-hybridized carbons (Fsp3) is 0.381. The number of nitrogens with zero attached hydrogens (tertiary/aromatic N) is 3. The molecule has 2 N–H and O–H groups in total. The van der Waals surface area contributed by atoms with Crippen LogP contribution in [0.25, 0.3) is 11.0 Å². The summed E-state index contributed by atoms with van der Waals surface area (Å²) in [6, 6.07) is 4.36. The first kappa shape index (κ1) is 21.1. The number of aliphatic hydroxyl groups is 1. The lowest BCUT2D eigenvalue weighted by molar-refractivity contribution is 0.0903. The maximum absolute atomic E-state index is 14.0. The van der Waals surface area contributed by atoms with Gasteiger partial charge in [0.25, 0.3) is 5.56 Å². The van der Waals surface area contributed by atoms with Gasteiger partial charge in [-0.25, -0.2) is 13.8 Å². The molecule has 0 saturated carbocycles. The third kappa shape index (κ3) is 4.80. The summed E-state index contributed by atoms with van der Waals surface area (Å²) < 4.78 is 39.2. The number of fused-ring (bicyclic) bond motifs is 1. The predicted octanol–water partition coefficient (Wildman–Crippen LogP) is 2.83. The van der Waals surface area contributed by atoms with Gasteiger partial charge in [-0.2, -0.15) is 4.98 Å². The number of hydrogen-bond donors (Lipinski definition) is 2. The van der Waals surface area contributed by atoms with Gasteiger partial charge in [0.05, 0.1) is 12.6 Å². The van der Waals surface area contributed by atoms with Gasteiger partial charge in [-0.1, -0.05) is 0 Å². The van der Waals surface area contributed by atoms with Gasteiger partial charge in [0, 0.05) is 36.9 Å². The number of aromatic nitrogens is 3. The van der Waals surface area contributed by atoms with Gasteiger partial charge in [0.15, 0.2) is 17.3 Å². The fourth-order valence-electron chi connectivity index (χ4n) is 3.41. The Morgan fingerprint density at radius 1 is 1.29 bits per heavy atom. The second-order valence-corrected chi connectivity index (χ2v) is 7.45. The fourth-order valence-corrected chi connectivity index (χ4v) is 3.41. The highest BCUT2D eigenvalue weighted by Gasteiger charge is 2.18. The summed E-state index contributed by atoms with van der Waals surface area (Å²) in [6.45, 7) is 2.79. The molecule has 1 aromatic carbocycles. The molecule has 8 nitrogen and oxygen atoms in total. The van der Waals surface area contributed by atoms with Crippen LogP contribution in [0.4, 0.5) is 14.7 Å². The van der Waals surface area contributed by atoms with E-state index in [9.17, 15) is 18.7 Å². The Bertz CT molecular complexity index is 1150. The molecule has 0 unspecified atom stereocenters. The number of anilines is 1. The highest BCUT2D eigenvalue weighted by molar-refractivity contribution is 5.77. The summed E-state index contributed by atoms with van der Waals surface area (Å²) >= 11 is 0. The molecule has 10 heteroatoms. The molecule has 2 aromatic heterocycles. The highest BCUT2D eigenvalue weighted by atomic mass is 19.1. The van der Waals surface area contributed by atoms with Crippen molar-refractivity contribution in [2.45, 2.75) is 38.5 Å². The van der Waals surface area contributed by atoms with E-state index in [0.29, 0.717) is 36.3 Å².